The van der Waals surface area contributed by atoms with E-state index in [4.69, 9.17) is 9.47 Å². The van der Waals surface area contributed by atoms with Crippen molar-refractivity contribution in [3.63, 3.8) is 0 Å². The highest BCUT2D eigenvalue weighted by atomic mass is 16.6. The predicted octanol–water partition coefficient (Wildman–Crippen LogP) is 2.73. The Kier molecular flexibility index (Phi) is 5.43. The van der Waals surface area contributed by atoms with Crippen molar-refractivity contribution in [3.8, 4) is 17.2 Å². The van der Waals surface area contributed by atoms with Crippen molar-refractivity contribution in [2.75, 3.05) is 14.2 Å². The van der Waals surface area contributed by atoms with Crippen molar-refractivity contribution in [2.45, 2.75) is 12.3 Å². The quantitative estimate of drug-likeness (QED) is 0.584. The molecule has 2 aromatic rings. The number of ether oxygens (including phenoxy) is 2. The number of carbonyl (C=O) groups is 1. The van der Waals surface area contributed by atoms with Gasteiger partial charge in [-0.05, 0) is 35.7 Å². The lowest BCUT2D eigenvalue weighted by Crippen LogP contribution is -2.14. The number of phenols is 1. The average molecular weight is 347 g/mol. The van der Waals surface area contributed by atoms with E-state index in [1.807, 2.05) is 0 Å². The molecule has 8 heteroatoms. The van der Waals surface area contributed by atoms with Crippen LogP contribution in [0.1, 0.15) is 17.0 Å². The fourth-order valence-corrected chi connectivity index (χ4v) is 2.50. The third kappa shape index (κ3) is 3.97. The van der Waals surface area contributed by atoms with Crippen LogP contribution >= 0.6 is 0 Å². The van der Waals surface area contributed by atoms with Gasteiger partial charge in [-0.2, -0.15) is 0 Å². The summed E-state index contributed by atoms with van der Waals surface area (Å²) in [5.74, 6) is -1.63. The van der Waals surface area contributed by atoms with E-state index in [0.717, 1.165) is 0 Å². The molecule has 0 saturated heterocycles. The van der Waals surface area contributed by atoms with E-state index in [9.17, 15) is 25.1 Å². The van der Waals surface area contributed by atoms with E-state index in [2.05, 4.69) is 0 Å². The zero-order valence-electron chi connectivity index (χ0n) is 13.6. The molecule has 0 amide bonds. The van der Waals surface area contributed by atoms with Crippen LogP contribution in [0.3, 0.4) is 0 Å². The van der Waals surface area contributed by atoms with Gasteiger partial charge >= 0.3 is 11.7 Å². The van der Waals surface area contributed by atoms with Crippen LogP contribution in [0.25, 0.3) is 0 Å². The standard InChI is InChI=1S/C17H17NO7/c1-24-15-6-4-11(9-16(15)25-2)12(17(20)21)7-10-3-5-14(19)13(8-10)18(22)23/h3-6,8-9,12,19H,7H2,1-2H3,(H,20,21). The Balaban J connectivity index is 2.38. The molecule has 8 nitrogen and oxygen atoms in total. The normalized spacial score (nSPS) is 11.6. The van der Waals surface area contributed by atoms with Crippen LogP contribution in [0, 0.1) is 10.1 Å². The number of nitro benzene ring substituents is 1. The summed E-state index contributed by atoms with van der Waals surface area (Å²) < 4.78 is 10.3. The Bertz CT molecular complexity index is 804. The molecule has 0 spiro atoms. The highest BCUT2D eigenvalue weighted by Crippen LogP contribution is 2.33. The molecular formula is C17H17NO7. The molecule has 2 rings (SSSR count). The van der Waals surface area contributed by atoms with Crippen LogP contribution in [0.4, 0.5) is 5.69 Å². The van der Waals surface area contributed by atoms with Gasteiger partial charge in [-0.25, -0.2) is 0 Å². The third-order valence-corrected chi connectivity index (χ3v) is 3.78. The van der Waals surface area contributed by atoms with E-state index < -0.39 is 28.2 Å². The predicted molar refractivity (Wildman–Crippen MR) is 88.4 cm³/mol. The lowest BCUT2D eigenvalue weighted by atomic mass is 9.91. The monoisotopic (exact) mass is 347 g/mol. The number of hydrogen-bond acceptors (Lipinski definition) is 6. The Hall–Kier alpha value is -3.29. The van der Waals surface area contributed by atoms with Gasteiger partial charge in [-0.1, -0.05) is 12.1 Å². The van der Waals surface area contributed by atoms with E-state index >= 15 is 0 Å². The van der Waals surface area contributed by atoms with E-state index in [0.29, 0.717) is 22.6 Å². The lowest BCUT2D eigenvalue weighted by molar-refractivity contribution is -0.385. The van der Waals surface area contributed by atoms with Gasteiger partial charge in [0.05, 0.1) is 25.1 Å². The van der Waals surface area contributed by atoms with Gasteiger partial charge in [0, 0.05) is 6.07 Å². The lowest BCUT2D eigenvalue weighted by Gasteiger charge is -2.15. The molecule has 0 heterocycles. The highest BCUT2D eigenvalue weighted by Gasteiger charge is 2.23. The first-order valence-corrected chi connectivity index (χ1v) is 7.28. The molecule has 0 aromatic heterocycles. The minimum atomic E-state index is -1.08. The molecule has 2 aromatic carbocycles. The summed E-state index contributed by atoms with van der Waals surface area (Å²) in [5.41, 5.74) is 0.432. The van der Waals surface area contributed by atoms with E-state index in [-0.39, 0.29) is 6.42 Å². The number of aliphatic carboxylic acids is 1. The smallest absolute Gasteiger partial charge is 0.311 e. The van der Waals surface area contributed by atoms with Crippen LogP contribution in [0.5, 0.6) is 17.2 Å². The Labute approximate surface area is 143 Å². The van der Waals surface area contributed by atoms with Gasteiger partial charge in [0.15, 0.2) is 17.2 Å². The van der Waals surface area contributed by atoms with E-state index in [1.54, 1.807) is 18.2 Å². The second-order valence-corrected chi connectivity index (χ2v) is 5.29. The number of carboxylic acids is 1. The fraction of sp³-hybridized carbons (Fsp3) is 0.235. The number of hydrogen-bond donors (Lipinski definition) is 2. The summed E-state index contributed by atoms with van der Waals surface area (Å²) >= 11 is 0. The highest BCUT2D eigenvalue weighted by molar-refractivity contribution is 5.77. The van der Waals surface area contributed by atoms with Crippen LogP contribution < -0.4 is 9.47 Å². The summed E-state index contributed by atoms with van der Waals surface area (Å²) in [5, 5.41) is 30.0. The maximum atomic E-state index is 11.7. The molecule has 0 radical (unpaired) electrons. The average Bonchev–Trinajstić information content (AvgIpc) is 2.59. The summed E-state index contributed by atoms with van der Waals surface area (Å²) in [6.07, 6.45) is 0.0198. The zero-order chi connectivity index (χ0) is 18.6. The Morgan fingerprint density at radius 2 is 1.84 bits per heavy atom. The Morgan fingerprint density at radius 1 is 1.16 bits per heavy atom. The van der Waals surface area contributed by atoms with E-state index in [1.165, 1.54) is 32.4 Å². The maximum Gasteiger partial charge on any atom is 0.311 e. The number of carboxylic acid groups (broad SMARTS) is 1. The van der Waals surface area contributed by atoms with Crippen molar-refractivity contribution in [3.05, 3.63) is 57.6 Å². The first kappa shape index (κ1) is 18.1. The molecule has 1 atom stereocenters. The molecule has 0 bridgehead atoms. The SMILES string of the molecule is COc1ccc(C(Cc2ccc(O)c([N+](=O)[O-])c2)C(=O)O)cc1OC. The van der Waals surface area contributed by atoms with Crippen LogP contribution in [0.15, 0.2) is 36.4 Å². The molecule has 2 N–H and O–H groups in total. The summed E-state index contributed by atoms with van der Waals surface area (Å²) in [4.78, 5) is 21.9. The number of rotatable bonds is 7. The van der Waals surface area contributed by atoms with Crippen molar-refractivity contribution >= 4 is 11.7 Å². The molecule has 0 saturated carbocycles. The van der Waals surface area contributed by atoms with Gasteiger partial charge in [0.2, 0.25) is 0 Å². The molecule has 0 fully saturated rings. The molecular weight excluding hydrogens is 330 g/mol. The second kappa shape index (κ2) is 7.52. The molecule has 0 aliphatic carbocycles. The van der Waals surface area contributed by atoms with Crippen LogP contribution in [-0.2, 0) is 11.2 Å². The number of nitrogens with zero attached hydrogens (tertiary/aromatic N) is 1. The number of methoxy groups -OCH3 is 2. The summed E-state index contributed by atoms with van der Waals surface area (Å²) in [6, 6.07) is 8.58. The zero-order valence-corrected chi connectivity index (χ0v) is 13.6. The topological polar surface area (TPSA) is 119 Å². The van der Waals surface area contributed by atoms with Crippen molar-refractivity contribution < 1.29 is 29.4 Å². The van der Waals surface area contributed by atoms with Crippen molar-refractivity contribution in [2.24, 2.45) is 0 Å². The molecule has 1 unspecified atom stereocenters. The summed E-state index contributed by atoms with van der Waals surface area (Å²) in [6.45, 7) is 0. The first-order valence-electron chi connectivity index (χ1n) is 7.28. The maximum absolute atomic E-state index is 11.7. The van der Waals surface area contributed by atoms with Crippen molar-refractivity contribution in [1.82, 2.24) is 0 Å². The number of nitro groups is 1. The van der Waals surface area contributed by atoms with Crippen molar-refractivity contribution in [1.29, 1.82) is 0 Å². The molecule has 132 valence electrons. The minimum Gasteiger partial charge on any atom is -0.502 e. The minimum absolute atomic E-state index is 0.0198. The number of phenolic OH excluding ortho intramolecular Hbond substituents is 1. The van der Waals surface area contributed by atoms with Gasteiger partial charge in [-0.3, -0.25) is 14.9 Å². The number of benzene rings is 2. The molecule has 0 aliphatic heterocycles. The van der Waals surface area contributed by atoms with Gasteiger partial charge in [0.1, 0.15) is 0 Å². The molecule has 0 aliphatic rings. The van der Waals surface area contributed by atoms with Crippen LogP contribution in [0.2, 0.25) is 0 Å². The second-order valence-electron chi connectivity index (χ2n) is 5.29. The van der Waals surface area contributed by atoms with Gasteiger partial charge in [-0.15, -0.1) is 0 Å². The fourth-order valence-electron chi connectivity index (χ4n) is 2.50. The third-order valence-electron chi connectivity index (χ3n) is 3.78. The van der Waals surface area contributed by atoms with Crippen LogP contribution in [-0.4, -0.2) is 35.3 Å². The Morgan fingerprint density at radius 3 is 2.40 bits per heavy atom. The number of aromatic hydroxyl groups is 1. The first-order chi connectivity index (χ1) is 11.9. The largest absolute Gasteiger partial charge is 0.502 e. The summed E-state index contributed by atoms with van der Waals surface area (Å²) in [7, 11) is 2.92. The van der Waals surface area contributed by atoms with Gasteiger partial charge < -0.3 is 19.7 Å². The van der Waals surface area contributed by atoms with Gasteiger partial charge in [0.25, 0.3) is 0 Å². The molecule has 25 heavy (non-hydrogen) atoms.